The van der Waals surface area contributed by atoms with Crippen LogP contribution in [0.5, 0.6) is 0 Å². The summed E-state index contributed by atoms with van der Waals surface area (Å²) in [5.41, 5.74) is 4.41. The van der Waals surface area contributed by atoms with E-state index in [1.807, 2.05) is 18.7 Å². The van der Waals surface area contributed by atoms with Gasteiger partial charge in [0.05, 0.1) is 6.54 Å². The Morgan fingerprint density at radius 2 is 1.76 bits per heavy atom. The highest BCUT2D eigenvalue weighted by Crippen LogP contribution is 2.06. The lowest BCUT2D eigenvalue weighted by Gasteiger charge is -2.20. The molecule has 0 bridgehead atoms. The van der Waals surface area contributed by atoms with Crippen molar-refractivity contribution in [2.24, 2.45) is 0 Å². The van der Waals surface area contributed by atoms with Gasteiger partial charge in [0.2, 0.25) is 0 Å². The van der Waals surface area contributed by atoms with Crippen LogP contribution in [0.4, 0.5) is 5.82 Å². The SMILES string of the molecule is CCCN(CCC)CC(=O)c1c(N)n(CC)c(=O)[nH]c1=O. The van der Waals surface area contributed by atoms with Crippen LogP contribution in [0.25, 0.3) is 0 Å². The number of nitrogens with zero attached hydrogens (tertiary/aromatic N) is 2. The quantitative estimate of drug-likeness (QED) is 0.678. The first-order chi connectivity index (χ1) is 9.96. The molecule has 7 nitrogen and oxygen atoms in total. The number of hydrogen-bond acceptors (Lipinski definition) is 5. The fraction of sp³-hybridized carbons (Fsp3) is 0.643. The van der Waals surface area contributed by atoms with Crippen LogP contribution in [0.3, 0.4) is 0 Å². The summed E-state index contributed by atoms with van der Waals surface area (Å²) < 4.78 is 1.19. The molecule has 0 amide bonds. The molecule has 3 N–H and O–H groups in total. The average Bonchev–Trinajstić information content (AvgIpc) is 2.39. The fourth-order valence-electron chi connectivity index (χ4n) is 2.36. The van der Waals surface area contributed by atoms with Gasteiger partial charge in [0.25, 0.3) is 5.56 Å². The summed E-state index contributed by atoms with van der Waals surface area (Å²) >= 11 is 0. The maximum Gasteiger partial charge on any atom is 0.329 e. The summed E-state index contributed by atoms with van der Waals surface area (Å²) in [6.45, 7) is 7.80. The number of carbonyl (C=O) groups is 1. The third-order valence-electron chi connectivity index (χ3n) is 3.28. The van der Waals surface area contributed by atoms with E-state index >= 15 is 0 Å². The van der Waals surface area contributed by atoms with Crippen LogP contribution in [-0.2, 0) is 6.54 Å². The van der Waals surface area contributed by atoms with Crippen molar-refractivity contribution >= 4 is 11.6 Å². The molecule has 0 spiro atoms. The van der Waals surface area contributed by atoms with Crippen molar-refractivity contribution in [3.05, 3.63) is 26.4 Å². The van der Waals surface area contributed by atoms with Crippen LogP contribution >= 0.6 is 0 Å². The minimum Gasteiger partial charge on any atom is -0.384 e. The smallest absolute Gasteiger partial charge is 0.329 e. The summed E-state index contributed by atoms with van der Waals surface area (Å²) in [5, 5.41) is 0. The Labute approximate surface area is 123 Å². The molecule has 0 fully saturated rings. The molecule has 0 atom stereocenters. The minimum absolute atomic E-state index is 0.0517. The fourth-order valence-corrected chi connectivity index (χ4v) is 2.36. The number of nitrogen functional groups attached to an aromatic ring is 1. The van der Waals surface area contributed by atoms with Gasteiger partial charge in [-0.05, 0) is 32.9 Å². The van der Waals surface area contributed by atoms with Crippen LogP contribution < -0.4 is 17.0 Å². The van der Waals surface area contributed by atoms with E-state index in [0.717, 1.165) is 25.9 Å². The van der Waals surface area contributed by atoms with Gasteiger partial charge in [-0.15, -0.1) is 0 Å². The summed E-state index contributed by atoms with van der Waals surface area (Å²) in [6, 6.07) is 0. The highest BCUT2D eigenvalue weighted by molar-refractivity contribution is 6.01. The van der Waals surface area contributed by atoms with E-state index in [4.69, 9.17) is 5.73 Å². The molecular formula is C14H24N4O3. The molecule has 1 rings (SSSR count). The van der Waals surface area contributed by atoms with Crippen molar-refractivity contribution in [2.75, 3.05) is 25.4 Å². The maximum atomic E-state index is 12.4. The topological polar surface area (TPSA) is 101 Å². The highest BCUT2D eigenvalue weighted by atomic mass is 16.2. The lowest BCUT2D eigenvalue weighted by Crippen LogP contribution is -2.39. The van der Waals surface area contributed by atoms with Crippen LogP contribution in [-0.4, -0.2) is 39.9 Å². The molecule has 1 heterocycles. The van der Waals surface area contributed by atoms with Gasteiger partial charge < -0.3 is 5.73 Å². The molecule has 0 aromatic carbocycles. The van der Waals surface area contributed by atoms with Crippen molar-refractivity contribution in [3.63, 3.8) is 0 Å². The zero-order chi connectivity index (χ0) is 16.0. The number of rotatable bonds is 8. The predicted molar refractivity (Wildman–Crippen MR) is 82.8 cm³/mol. The lowest BCUT2D eigenvalue weighted by molar-refractivity contribution is 0.0929. The lowest BCUT2D eigenvalue weighted by atomic mass is 10.1. The van der Waals surface area contributed by atoms with E-state index in [2.05, 4.69) is 4.98 Å². The maximum absolute atomic E-state index is 12.4. The first kappa shape index (κ1) is 17.2. The molecule has 21 heavy (non-hydrogen) atoms. The Balaban J connectivity index is 3.12. The van der Waals surface area contributed by atoms with Crippen molar-refractivity contribution in [1.29, 1.82) is 0 Å². The monoisotopic (exact) mass is 296 g/mol. The third kappa shape index (κ3) is 4.04. The minimum atomic E-state index is -0.708. The number of nitrogens with one attached hydrogen (secondary N) is 1. The molecular weight excluding hydrogens is 272 g/mol. The van der Waals surface area contributed by atoms with Gasteiger partial charge in [0, 0.05) is 6.54 Å². The molecule has 0 saturated heterocycles. The normalized spacial score (nSPS) is 11.0. The summed E-state index contributed by atoms with van der Waals surface area (Å²) in [7, 11) is 0. The Morgan fingerprint density at radius 1 is 1.19 bits per heavy atom. The number of H-pyrrole nitrogens is 1. The van der Waals surface area contributed by atoms with E-state index in [0.29, 0.717) is 6.54 Å². The molecule has 118 valence electrons. The molecule has 0 radical (unpaired) electrons. The summed E-state index contributed by atoms with van der Waals surface area (Å²) in [5.74, 6) is -0.401. The van der Waals surface area contributed by atoms with Gasteiger partial charge >= 0.3 is 5.69 Å². The summed E-state index contributed by atoms with van der Waals surface area (Å²) in [6.07, 6.45) is 1.85. The van der Waals surface area contributed by atoms with Gasteiger partial charge in [-0.3, -0.25) is 24.0 Å². The van der Waals surface area contributed by atoms with Crippen molar-refractivity contribution in [3.8, 4) is 0 Å². The van der Waals surface area contributed by atoms with Gasteiger partial charge in [-0.2, -0.15) is 0 Å². The standard InChI is InChI=1S/C14H24N4O3/c1-4-7-17(8-5-2)9-10(19)11-12(15)18(6-3)14(21)16-13(11)20/h4-9,15H2,1-3H3,(H,16,20,21). The molecule has 0 saturated carbocycles. The number of Topliss-reactive ketones (excluding diaryl/α,β-unsaturated/α-hetero) is 1. The number of hydrogen-bond donors (Lipinski definition) is 2. The van der Waals surface area contributed by atoms with Crippen LogP contribution in [0.1, 0.15) is 44.0 Å². The van der Waals surface area contributed by atoms with Crippen LogP contribution in [0, 0.1) is 0 Å². The second-order valence-corrected chi connectivity index (χ2v) is 4.96. The largest absolute Gasteiger partial charge is 0.384 e. The Morgan fingerprint density at radius 3 is 2.24 bits per heavy atom. The molecule has 0 aliphatic rings. The first-order valence-corrected chi connectivity index (χ1v) is 7.34. The van der Waals surface area contributed by atoms with E-state index in [1.165, 1.54) is 4.57 Å². The Kier molecular flexibility index (Phi) is 6.36. The van der Waals surface area contributed by atoms with Gasteiger partial charge in [0.1, 0.15) is 11.4 Å². The zero-order valence-corrected chi connectivity index (χ0v) is 12.9. The van der Waals surface area contributed by atoms with Crippen molar-refractivity contribution in [1.82, 2.24) is 14.5 Å². The molecule has 0 aliphatic carbocycles. The van der Waals surface area contributed by atoms with Gasteiger partial charge in [-0.1, -0.05) is 13.8 Å². The van der Waals surface area contributed by atoms with Crippen molar-refractivity contribution in [2.45, 2.75) is 40.2 Å². The number of ketones is 1. The van der Waals surface area contributed by atoms with Gasteiger partial charge in [0.15, 0.2) is 5.78 Å². The third-order valence-corrected chi connectivity index (χ3v) is 3.28. The summed E-state index contributed by atoms with van der Waals surface area (Å²) in [4.78, 5) is 40.0. The zero-order valence-electron chi connectivity index (χ0n) is 12.9. The van der Waals surface area contributed by atoms with Crippen molar-refractivity contribution < 1.29 is 4.79 Å². The number of anilines is 1. The Bertz CT molecular complexity index is 597. The second-order valence-electron chi connectivity index (χ2n) is 4.96. The number of carbonyl (C=O) groups excluding carboxylic acids is 1. The van der Waals surface area contributed by atoms with Crippen LogP contribution in [0.2, 0.25) is 0 Å². The van der Waals surface area contributed by atoms with E-state index in [9.17, 15) is 14.4 Å². The van der Waals surface area contributed by atoms with E-state index in [-0.39, 0.29) is 23.7 Å². The second kappa shape index (κ2) is 7.78. The van der Waals surface area contributed by atoms with Crippen LogP contribution in [0.15, 0.2) is 9.59 Å². The van der Waals surface area contributed by atoms with E-state index in [1.54, 1.807) is 6.92 Å². The molecule has 1 aromatic heterocycles. The Hall–Kier alpha value is -1.89. The average molecular weight is 296 g/mol. The number of aromatic nitrogens is 2. The number of nitrogens with two attached hydrogens (primary N) is 1. The number of aromatic amines is 1. The highest BCUT2D eigenvalue weighted by Gasteiger charge is 2.20. The molecule has 7 heteroatoms. The molecule has 1 aromatic rings. The predicted octanol–water partition coefficient (Wildman–Crippen LogP) is 0.443. The van der Waals surface area contributed by atoms with E-state index < -0.39 is 11.2 Å². The molecule has 0 unspecified atom stereocenters. The van der Waals surface area contributed by atoms with Gasteiger partial charge in [-0.25, -0.2) is 4.79 Å². The first-order valence-electron chi connectivity index (χ1n) is 7.34. The molecule has 0 aliphatic heterocycles.